The minimum absolute atomic E-state index is 0.0418. The number of benzene rings is 1. The molecule has 3 rings (SSSR count). The molecule has 0 aromatic heterocycles. The van der Waals surface area contributed by atoms with Crippen LogP contribution in [0.5, 0.6) is 0 Å². The zero-order chi connectivity index (χ0) is 16.2. The molecule has 2 fully saturated rings. The Labute approximate surface area is 137 Å². The quantitative estimate of drug-likeness (QED) is 0.836. The van der Waals surface area contributed by atoms with Gasteiger partial charge in [-0.05, 0) is 31.9 Å². The van der Waals surface area contributed by atoms with Crippen LogP contribution in [-0.2, 0) is 9.53 Å². The highest BCUT2D eigenvalue weighted by molar-refractivity contribution is 5.94. The van der Waals surface area contributed by atoms with E-state index in [-0.39, 0.29) is 23.8 Å². The molecule has 0 aliphatic carbocycles. The molecule has 0 radical (unpaired) electrons. The van der Waals surface area contributed by atoms with Gasteiger partial charge in [0.1, 0.15) is 0 Å². The summed E-state index contributed by atoms with van der Waals surface area (Å²) in [6.07, 6.45) is 1.62. The van der Waals surface area contributed by atoms with Crippen molar-refractivity contribution in [1.82, 2.24) is 9.80 Å². The molecule has 1 atom stereocenters. The van der Waals surface area contributed by atoms with Gasteiger partial charge in [-0.3, -0.25) is 9.59 Å². The minimum Gasteiger partial charge on any atom is -0.375 e. The summed E-state index contributed by atoms with van der Waals surface area (Å²) in [5.74, 6) is 0.337. The average molecular weight is 316 g/mol. The second-order valence-electron chi connectivity index (χ2n) is 6.40. The second kappa shape index (κ2) is 7.13. The summed E-state index contributed by atoms with van der Waals surface area (Å²) in [7, 11) is 0. The van der Waals surface area contributed by atoms with Crippen LogP contribution < -0.4 is 0 Å². The highest BCUT2D eigenvalue weighted by Gasteiger charge is 2.32. The molecule has 0 bridgehead atoms. The molecule has 1 aromatic carbocycles. The minimum atomic E-state index is 0.0418. The Balaban J connectivity index is 1.54. The lowest BCUT2D eigenvalue weighted by Gasteiger charge is -2.37. The summed E-state index contributed by atoms with van der Waals surface area (Å²) in [5.41, 5.74) is 0.722. The van der Waals surface area contributed by atoms with Crippen molar-refractivity contribution in [2.45, 2.75) is 25.9 Å². The van der Waals surface area contributed by atoms with Crippen LogP contribution in [0.1, 0.15) is 30.1 Å². The van der Waals surface area contributed by atoms with Crippen LogP contribution in [0.25, 0.3) is 0 Å². The number of hydrogen-bond donors (Lipinski definition) is 0. The Morgan fingerprint density at radius 3 is 2.39 bits per heavy atom. The summed E-state index contributed by atoms with van der Waals surface area (Å²) in [6, 6.07) is 9.35. The van der Waals surface area contributed by atoms with E-state index in [0.717, 1.165) is 18.4 Å². The van der Waals surface area contributed by atoms with Crippen LogP contribution in [0.15, 0.2) is 30.3 Å². The smallest absolute Gasteiger partial charge is 0.253 e. The van der Waals surface area contributed by atoms with Crippen molar-refractivity contribution in [2.75, 3.05) is 32.8 Å². The van der Waals surface area contributed by atoms with E-state index >= 15 is 0 Å². The van der Waals surface area contributed by atoms with Gasteiger partial charge in [0, 0.05) is 37.7 Å². The maximum absolute atomic E-state index is 12.6. The number of carbonyl (C=O) groups excluding carboxylic acids is 2. The van der Waals surface area contributed by atoms with Crippen LogP contribution in [0.4, 0.5) is 0 Å². The summed E-state index contributed by atoms with van der Waals surface area (Å²) >= 11 is 0. The van der Waals surface area contributed by atoms with Crippen molar-refractivity contribution in [3.8, 4) is 0 Å². The molecule has 0 saturated carbocycles. The fourth-order valence-corrected chi connectivity index (χ4v) is 3.37. The molecular weight excluding hydrogens is 292 g/mol. The summed E-state index contributed by atoms with van der Waals surface area (Å²) in [6.45, 7) is 5.31. The SMILES string of the molecule is CC1CN(C(=O)C2CCN(C(=O)c3ccccc3)CC2)CCO1. The molecular formula is C18H24N2O3. The molecule has 2 aliphatic rings. The van der Waals surface area contributed by atoms with E-state index in [4.69, 9.17) is 4.74 Å². The monoisotopic (exact) mass is 316 g/mol. The first-order valence-corrected chi connectivity index (χ1v) is 8.40. The molecule has 2 heterocycles. The number of carbonyl (C=O) groups is 2. The maximum atomic E-state index is 12.6. The van der Waals surface area contributed by atoms with Crippen molar-refractivity contribution < 1.29 is 14.3 Å². The van der Waals surface area contributed by atoms with E-state index in [2.05, 4.69) is 0 Å². The fourth-order valence-electron chi connectivity index (χ4n) is 3.37. The number of likely N-dealkylation sites (tertiary alicyclic amines) is 1. The zero-order valence-electron chi connectivity index (χ0n) is 13.6. The van der Waals surface area contributed by atoms with E-state index in [0.29, 0.717) is 32.8 Å². The lowest BCUT2D eigenvalue weighted by molar-refractivity contribution is -0.143. The third-order valence-corrected chi connectivity index (χ3v) is 4.70. The van der Waals surface area contributed by atoms with Gasteiger partial charge in [-0.15, -0.1) is 0 Å². The van der Waals surface area contributed by atoms with E-state index in [1.165, 1.54) is 0 Å². The molecule has 23 heavy (non-hydrogen) atoms. The third-order valence-electron chi connectivity index (χ3n) is 4.70. The molecule has 2 amide bonds. The Kier molecular flexibility index (Phi) is 4.96. The zero-order valence-corrected chi connectivity index (χ0v) is 13.6. The number of hydrogen-bond acceptors (Lipinski definition) is 3. The fraction of sp³-hybridized carbons (Fsp3) is 0.556. The summed E-state index contributed by atoms with van der Waals surface area (Å²) in [4.78, 5) is 28.8. The first-order chi connectivity index (χ1) is 11.1. The van der Waals surface area contributed by atoms with Crippen LogP contribution >= 0.6 is 0 Å². The van der Waals surface area contributed by atoms with Gasteiger partial charge in [0.15, 0.2) is 0 Å². The first kappa shape index (κ1) is 16.0. The van der Waals surface area contributed by atoms with Crippen LogP contribution in [0.2, 0.25) is 0 Å². The first-order valence-electron chi connectivity index (χ1n) is 8.40. The summed E-state index contributed by atoms with van der Waals surface area (Å²) < 4.78 is 5.50. The van der Waals surface area contributed by atoms with Crippen LogP contribution in [0.3, 0.4) is 0 Å². The number of ether oxygens (including phenoxy) is 1. The van der Waals surface area contributed by atoms with Gasteiger partial charge in [-0.25, -0.2) is 0 Å². The van der Waals surface area contributed by atoms with Gasteiger partial charge in [-0.1, -0.05) is 18.2 Å². The average Bonchev–Trinajstić information content (AvgIpc) is 2.61. The van der Waals surface area contributed by atoms with Crippen molar-refractivity contribution >= 4 is 11.8 Å². The topological polar surface area (TPSA) is 49.9 Å². The van der Waals surface area contributed by atoms with E-state index in [9.17, 15) is 9.59 Å². The van der Waals surface area contributed by atoms with E-state index < -0.39 is 0 Å². The Hall–Kier alpha value is -1.88. The maximum Gasteiger partial charge on any atom is 0.253 e. The predicted molar refractivity (Wildman–Crippen MR) is 87.1 cm³/mol. The largest absolute Gasteiger partial charge is 0.375 e. The number of piperidine rings is 1. The molecule has 0 N–H and O–H groups in total. The highest BCUT2D eigenvalue weighted by atomic mass is 16.5. The van der Waals surface area contributed by atoms with Gasteiger partial charge in [0.25, 0.3) is 5.91 Å². The van der Waals surface area contributed by atoms with Gasteiger partial charge >= 0.3 is 0 Å². The van der Waals surface area contributed by atoms with Crippen molar-refractivity contribution in [1.29, 1.82) is 0 Å². The van der Waals surface area contributed by atoms with Gasteiger partial charge in [-0.2, -0.15) is 0 Å². The van der Waals surface area contributed by atoms with Crippen molar-refractivity contribution in [3.05, 3.63) is 35.9 Å². The van der Waals surface area contributed by atoms with E-state index in [1.54, 1.807) is 0 Å². The van der Waals surface area contributed by atoms with Gasteiger partial charge in [0.05, 0.1) is 12.7 Å². The van der Waals surface area contributed by atoms with Gasteiger partial charge in [0.2, 0.25) is 5.91 Å². The molecule has 1 aromatic rings. The molecule has 2 saturated heterocycles. The highest BCUT2D eigenvalue weighted by Crippen LogP contribution is 2.22. The third kappa shape index (κ3) is 3.72. The number of morpholine rings is 1. The molecule has 5 nitrogen and oxygen atoms in total. The van der Waals surface area contributed by atoms with Crippen molar-refractivity contribution in [3.63, 3.8) is 0 Å². The normalized spacial score (nSPS) is 22.9. The van der Waals surface area contributed by atoms with Crippen LogP contribution in [-0.4, -0.2) is 60.5 Å². The Morgan fingerprint density at radius 2 is 1.74 bits per heavy atom. The molecule has 5 heteroatoms. The molecule has 124 valence electrons. The predicted octanol–water partition coefficient (Wildman–Crippen LogP) is 1.79. The number of amides is 2. The number of rotatable bonds is 2. The Bertz CT molecular complexity index is 553. The number of nitrogens with zero attached hydrogens (tertiary/aromatic N) is 2. The molecule has 2 aliphatic heterocycles. The van der Waals surface area contributed by atoms with Gasteiger partial charge < -0.3 is 14.5 Å². The standard InChI is InChI=1S/C18H24N2O3/c1-14-13-20(11-12-23-14)18(22)16-7-9-19(10-8-16)17(21)15-5-3-2-4-6-15/h2-6,14,16H,7-13H2,1H3. The molecule has 0 spiro atoms. The lowest BCUT2D eigenvalue weighted by Crippen LogP contribution is -2.49. The second-order valence-corrected chi connectivity index (χ2v) is 6.40. The summed E-state index contributed by atoms with van der Waals surface area (Å²) in [5, 5.41) is 0. The lowest BCUT2D eigenvalue weighted by atomic mass is 9.94. The van der Waals surface area contributed by atoms with Crippen molar-refractivity contribution in [2.24, 2.45) is 5.92 Å². The molecule has 1 unspecified atom stereocenters. The Morgan fingerprint density at radius 1 is 1.04 bits per heavy atom. The van der Waals surface area contributed by atoms with Crippen LogP contribution in [0, 0.1) is 5.92 Å². The van der Waals surface area contributed by atoms with E-state index in [1.807, 2.05) is 47.1 Å².